The molecular weight excluding hydrogens is 374 g/mol. The van der Waals surface area contributed by atoms with Gasteiger partial charge in [-0.15, -0.1) is 0 Å². The van der Waals surface area contributed by atoms with E-state index >= 15 is 0 Å². The number of nitro groups is 1. The Hall–Kier alpha value is -3.44. The highest BCUT2D eigenvalue weighted by molar-refractivity contribution is 5.73. The summed E-state index contributed by atoms with van der Waals surface area (Å²) in [6.07, 6.45) is 2.87. The molecule has 0 aliphatic carbocycles. The molecule has 0 aromatic heterocycles. The topological polar surface area (TPSA) is 58.4 Å². The minimum absolute atomic E-state index is 0.190. The molecule has 0 amide bonds. The summed E-state index contributed by atoms with van der Waals surface area (Å²) in [5.41, 5.74) is 4.53. The highest BCUT2D eigenvalue weighted by atomic mass is 16.6. The second-order valence-corrected chi connectivity index (χ2v) is 7.41. The normalized spacial score (nSPS) is 15.4. The zero-order valence-corrected chi connectivity index (χ0v) is 16.8. The number of nitrogens with zero attached hydrogens (tertiary/aromatic N) is 2. The van der Waals surface area contributed by atoms with E-state index in [9.17, 15) is 10.1 Å². The van der Waals surface area contributed by atoms with E-state index in [1.807, 2.05) is 60.7 Å². The molecule has 0 spiro atoms. The van der Waals surface area contributed by atoms with Crippen molar-refractivity contribution in [3.63, 3.8) is 0 Å². The number of hydrogen-bond acceptors (Lipinski definition) is 4. The Kier molecular flexibility index (Phi) is 6.20. The van der Waals surface area contributed by atoms with Gasteiger partial charge in [0.2, 0.25) is 0 Å². The van der Waals surface area contributed by atoms with Crippen molar-refractivity contribution in [3.05, 3.63) is 117 Å². The quantitative estimate of drug-likeness (QED) is 0.447. The first-order chi connectivity index (χ1) is 14.7. The van der Waals surface area contributed by atoms with E-state index in [0.29, 0.717) is 13.1 Å². The predicted molar refractivity (Wildman–Crippen MR) is 121 cm³/mol. The molecule has 3 aromatic rings. The maximum Gasteiger partial charge on any atom is 0.283 e. The molecule has 0 fully saturated rings. The summed E-state index contributed by atoms with van der Waals surface area (Å²) < 4.78 is 0. The van der Waals surface area contributed by atoms with Crippen molar-refractivity contribution in [2.24, 2.45) is 0 Å². The molecular formula is C25H25N3O2. The van der Waals surface area contributed by atoms with Crippen molar-refractivity contribution < 1.29 is 4.92 Å². The molecule has 0 saturated heterocycles. The van der Waals surface area contributed by atoms with Gasteiger partial charge in [0.05, 0.1) is 4.92 Å². The number of benzene rings is 3. The fourth-order valence-electron chi connectivity index (χ4n) is 3.92. The van der Waals surface area contributed by atoms with Gasteiger partial charge < -0.3 is 4.90 Å². The largest absolute Gasteiger partial charge is 0.346 e. The van der Waals surface area contributed by atoms with Crippen LogP contribution in [0.1, 0.15) is 16.7 Å². The molecule has 30 heavy (non-hydrogen) atoms. The first-order valence-electron chi connectivity index (χ1n) is 10.3. The Labute approximate surface area is 176 Å². The average Bonchev–Trinajstić information content (AvgIpc) is 2.79. The van der Waals surface area contributed by atoms with Crippen LogP contribution >= 0.6 is 0 Å². The van der Waals surface area contributed by atoms with Gasteiger partial charge in [0.15, 0.2) is 6.17 Å². The van der Waals surface area contributed by atoms with Crippen LogP contribution in [-0.2, 0) is 12.8 Å². The van der Waals surface area contributed by atoms with Gasteiger partial charge in [-0.05, 0) is 30.0 Å². The number of para-hydroxylation sites is 1. The van der Waals surface area contributed by atoms with Crippen LogP contribution in [0.3, 0.4) is 0 Å². The Balaban J connectivity index is 1.57. The number of rotatable bonds is 8. The second-order valence-electron chi connectivity index (χ2n) is 7.41. The van der Waals surface area contributed by atoms with Gasteiger partial charge in [-0.1, -0.05) is 78.9 Å². The number of nitrogens with one attached hydrogen (secondary N) is 1. The van der Waals surface area contributed by atoms with Crippen LogP contribution in [0, 0.1) is 10.1 Å². The summed E-state index contributed by atoms with van der Waals surface area (Å²) in [6.45, 7) is 1.35. The number of anilines is 1. The van der Waals surface area contributed by atoms with Gasteiger partial charge in [-0.25, -0.2) is 0 Å². The van der Waals surface area contributed by atoms with Crippen molar-refractivity contribution in [2.75, 3.05) is 18.0 Å². The third-order valence-electron chi connectivity index (χ3n) is 5.43. The lowest BCUT2D eigenvalue weighted by Gasteiger charge is -2.36. The van der Waals surface area contributed by atoms with E-state index in [4.69, 9.17) is 0 Å². The Morgan fingerprint density at radius 2 is 1.43 bits per heavy atom. The lowest BCUT2D eigenvalue weighted by Crippen LogP contribution is -2.51. The third-order valence-corrected chi connectivity index (χ3v) is 5.43. The van der Waals surface area contributed by atoms with Gasteiger partial charge in [0, 0.05) is 30.4 Å². The van der Waals surface area contributed by atoms with Crippen LogP contribution in [0.2, 0.25) is 0 Å². The molecule has 1 N–H and O–H groups in total. The summed E-state index contributed by atoms with van der Waals surface area (Å²) in [6, 6.07) is 28.3. The lowest BCUT2D eigenvalue weighted by molar-refractivity contribution is -0.429. The Bertz CT molecular complexity index is 1020. The zero-order chi connectivity index (χ0) is 20.8. The summed E-state index contributed by atoms with van der Waals surface area (Å²) >= 11 is 0. The van der Waals surface area contributed by atoms with Gasteiger partial charge in [-0.2, -0.15) is 0 Å². The van der Waals surface area contributed by atoms with Crippen LogP contribution in [0.15, 0.2) is 90.6 Å². The lowest BCUT2D eigenvalue weighted by atomic mass is 10.0. The van der Waals surface area contributed by atoms with Crippen LogP contribution in [-0.4, -0.2) is 24.2 Å². The molecule has 1 atom stereocenters. The second kappa shape index (κ2) is 9.37. The van der Waals surface area contributed by atoms with Crippen LogP contribution in [0.25, 0.3) is 6.08 Å². The van der Waals surface area contributed by atoms with Crippen LogP contribution in [0.5, 0.6) is 0 Å². The van der Waals surface area contributed by atoms with E-state index in [2.05, 4.69) is 34.5 Å². The molecule has 1 heterocycles. The van der Waals surface area contributed by atoms with Gasteiger partial charge in [0.1, 0.15) is 0 Å². The molecule has 0 radical (unpaired) electrons. The Morgan fingerprint density at radius 1 is 0.833 bits per heavy atom. The molecule has 152 valence electrons. The van der Waals surface area contributed by atoms with Gasteiger partial charge in [0.25, 0.3) is 5.70 Å². The molecule has 0 saturated carbocycles. The standard InChI is InChI=1S/C25H25N3O2/c29-28(30)24-19-22-13-7-8-14-23(22)27(18-16-21-11-5-2-6-12-21)25(24)26-17-15-20-9-3-1-4-10-20/h1-14,19,25-26H,15-18H2. The molecule has 5 heteroatoms. The summed E-state index contributed by atoms with van der Waals surface area (Å²) in [4.78, 5) is 13.8. The number of hydrogen-bond donors (Lipinski definition) is 1. The highest BCUT2D eigenvalue weighted by Crippen LogP contribution is 2.32. The summed E-state index contributed by atoms with van der Waals surface area (Å²) in [5.74, 6) is 0. The van der Waals surface area contributed by atoms with Crippen molar-refractivity contribution in [1.82, 2.24) is 5.32 Å². The summed E-state index contributed by atoms with van der Waals surface area (Å²) in [7, 11) is 0. The summed E-state index contributed by atoms with van der Waals surface area (Å²) in [5, 5.41) is 15.3. The van der Waals surface area contributed by atoms with E-state index < -0.39 is 6.17 Å². The molecule has 3 aromatic carbocycles. The maximum absolute atomic E-state index is 11.9. The van der Waals surface area contributed by atoms with Crippen molar-refractivity contribution in [1.29, 1.82) is 0 Å². The van der Waals surface area contributed by atoms with Crippen molar-refractivity contribution in [2.45, 2.75) is 19.0 Å². The zero-order valence-electron chi connectivity index (χ0n) is 16.8. The predicted octanol–water partition coefficient (Wildman–Crippen LogP) is 4.53. The minimum Gasteiger partial charge on any atom is -0.346 e. The Morgan fingerprint density at radius 3 is 2.10 bits per heavy atom. The minimum atomic E-state index is -0.470. The molecule has 4 rings (SSSR count). The fraction of sp³-hybridized carbons (Fsp3) is 0.200. The van der Waals surface area contributed by atoms with Gasteiger partial charge in [-0.3, -0.25) is 15.4 Å². The number of fused-ring (bicyclic) bond motifs is 1. The average molecular weight is 399 g/mol. The van der Waals surface area contributed by atoms with Gasteiger partial charge >= 0.3 is 0 Å². The van der Waals surface area contributed by atoms with E-state index in [1.165, 1.54) is 11.1 Å². The molecule has 0 bridgehead atoms. The highest BCUT2D eigenvalue weighted by Gasteiger charge is 2.35. The van der Waals surface area contributed by atoms with Crippen LogP contribution in [0.4, 0.5) is 5.69 Å². The van der Waals surface area contributed by atoms with Crippen molar-refractivity contribution >= 4 is 11.8 Å². The molecule has 1 aliphatic rings. The van der Waals surface area contributed by atoms with E-state index in [1.54, 1.807) is 6.08 Å². The third kappa shape index (κ3) is 4.58. The molecule has 1 unspecified atom stereocenters. The van der Waals surface area contributed by atoms with E-state index in [0.717, 1.165) is 24.1 Å². The maximum atomic E-state index is 11.9. The SMILES string of the molecule is O=[N+]([O-])C1=Cc2ccccc2N(CCc2ccccc2)C1NCCc1ccccc1. The smallest absolute Gasteiger partial charge is 0.283 e. The van der Waals surface area contributed by atoms with Crippen LogP contribution < -0.4 is 10.2 Å². The van der Waals surface area contributed by atoms with E-state index in [-0.39, 0.29) is 10.6 Å². The first kappa shape index (κ1) is 19.9. The molecule has 5 nitrogen and oxygen atoms in total. The van der Waals surface area contributed by atoms with Crippen molar-refractivity contribution in [3.8, 4) is 0 Å². The molecule has 1 aliphatic heterocycles. The monoisotopic (exact) mass is 399 g/mol. The fourth-order valence-corrected chi connectivity index (χ4v) is 3.92. The first-order valence-corrected chi connectivity index (χ1v) is 10.3.